The van der Waals surface area contributed by atoms with Crippen molar-refractivity contribution < 1.29 is 19.2 Å². The van der Waals surface area contributed by atoms with Crippen LogP contribution in [0.5, 0.6) is 0 Å². The van der Waals surface area contributed by atoms with E-state index in [-0.39, 0.29) is 22.2 Å². The highest BCUT2D eigenvalue weighted by molar-refractivity contribution is 8.77. The van der Waals surface area contributed by atoms with Crippen LogP contribution in [0, 0.1) is 0 Å². The highest BCUT2D eigenvalue weighted by Crippen LogP contribution is 2.38. The van der Waals surface area contributed by atoms with Crippen LogP contribution in [0.15, 0.2) is 117 Å². The molecular weight excluding hydrogens is 776 g/mol. The molecule has 0 saturated heterocycles. The van der Waals surface area contributed by atoms with E-state index >= 15 is 0 Å². The first kappa shape index (κ1) is 44.9. The molecule has 14 heteroatoms. The van der Waals surface area contributed by atoms with Crippen molar-refractivity contribution in [3.63, 3.8) is 0 Å². The SMILES string of the molecule is CNc1ccc(SSc2ccc(NC(=O)CCCCC(C)=O)cc2)cc1.Nc1ccc(SSc2ccc(N)cc2)cc1.O=C(Cl)CCCCC(=O)Cl. The van der Waals surface area contributed by atoms with Gasteiger partial charge >= 0.3 is 0 Å². The van der Waals surface area contributed by atoms with Crippen molar-refractivity contribution in [2.45, 2.75) is 77.9 Å². The molecule has 0 aliphatic heterocycles. The molecule has 4 aromatic carbocycles. The zero-order chi connectivity index (χ0) is 38.1. The number of carbonyl (C=O) groups excluding carboxylic acids is 4. The minimum Gasteiger partial charge on any atom is -0.399 e. The zero-order valence-electron chi connectivity index (χ0n) is 29.1. The van der Waals surface area contributed by atoms with Crippen LogP contribution in [0.2, 0.25) is 0 Å². The minimum atomic E-state index is -0.359. The third kappa shape index (κ3) is 22.0. The third-order valence-electron chi connectivity index (χ3n) is 6.69. The number of Topliss-reactive ketones (excluding diaryl/α,β-unsaturated/α-hetero) is 1. The van der Waals surface area contributed by atoms with Gasteiger partial charge in [-0.05, 0) is 153 Å². The first-order valence-electron chi connectivity index (χ1n) is 16.4. The minimum absolute atomic E-state index is 0.00652. The molecule has 0 heterocycles. The summed E-state index contributed by atoms with van der Waals surface area (Å²) in [5, 5.41) is 5.28. The number of nitrogens with two attached hydrogens (primary N) is 2. The lowest BCUT2D eigenvalue weighted by molar-refractivity contribution is -0.118. The Morgan fingerprint density at radius 2 is 0.846 bits per heavy atom. The van der Waals surface area contributed by atoms with E-state index in [2.05, 4.69) is 34.9 Å². The second-order valence-electron chi connectivity index (χ2n) is 11.1. The van der Waals surface area contributed by atoms with E-state index in [9.17, 15) is 19.2 Å². The summed E-state index contributed by atoms with van der Waals surface area (Å²) >= 11 is 10.1. The molecule has 0 radical (unpaired) electrons. The monoisotopic (exact) mass is 818 g/mol. The van der Waals surface area contributed by atoms with Crippen LogP contribution in [-0.4, -0.2) is 29.2 Å². The number of hydrogen-bond donors (Lipinski definition) is 4. The van der Waals surface area contributed by atoms with Crippen LogP contribution in [0.1, 0.15) is 58.3 Å². The Labute approximate surface area is 332 Å². The molecule has 0 bridgehead atoms. The number of halogens is 2. The number of nitrogen functional groups attached to an aromatic ring is 2. The molecule has 52 heavy (non-hydrogen) atoms. The molecule has 8 nitrogen and oxygen atoms in total. The van der Waals surface area contributed by atoms with Crippen LogP contribution < -0.4 is 22.1 Å². The summed E-state index contributed by atoms with van der Waals surface area (Å²) in [5.74, 6) is 0.169. The maximum atomic E-state index is 11.9. The molecule has 0 saturated carbocycles. The van der Waals surface area contributed by atoms with E-state index in [1.54, 1.807) is 50.1 Å². The topological polar surface area (TPSA) is 144 Å². The molecule has 0 atom stereocenters. The summed E-state index contributed by atoms with van der Waals surface area (Å²) in [6, 6.07) is 31.8. The normalized spacial score (nSPS) is 10.2. The average Bonchev–Trinajstić information content (AvgIpc) is 3.13. The molecule has 0 unspecified atom stereocenters. The van der Waals surface area contributed by atoms with Crippen molar-refractivity contribution in [1.82, 2.24) is 0 Å². The Bertz CT molecular complexity index is 1600. The smallest absolute Gasteiger partial charge is 0.224 e. The average molecular weight is 820 g/mol. The summed E-state index contributed by atoms with van der Waals surface area (Å²) in [5.41, 5.74) is 14.7. The molecule has 0 aliphatic carbocycles. The summed E-state index contributed by atoms with van der Waals surface area (Å²) < 4.78 is 0. The number of unbranched alkanes of at least 4 members (excludes halogenated alkanes) is 2. The highest BCUT2D eigenvalue weighted by Gasteiger charge is 2.05. The molecule has 278 valence electrons. The summed E-state index contributed by atoms with van der Waals surface area (Å²) in [6.07, 6.45) is 4.43. The molecule has 0 fully saturated rings. The Hall–Kier alpha value is -3.26. The number of hydrogen-bond acceptors (Lipinski definition) is 11. The van der Waals surface area contributed by atoms with Crippen molar-refractivity contribution in [3.8, 4) is 0 Å². The highest BCUT2D eigenvalue weighted by atomic mass is 35.5. The second kappa shape index (κ2) is 26.5. The van der Waals surface area contributed by atoms with Gasteiger partial charge in [0.05, 0.1) is 0 Å². The fourth-order valence-electron chi connectivity index (χ4n) is 3.92. The van der Waals surface area contributed by atoms with Gasteiger partial charge in [0.15, 0.2) is 0 Å². The summed E-state index contributed by atoms with van der Waals surface area (Å²) in [7, 11) is 8.71. The van der Waals surface area contributed by atoms with Crippen molar-refractivity contribution >= 4 is 111 Å². The van der Waals surface area contributed by atoms with Crippen LogP contribution in [0.3, 0.4) is 0 Å². The van der Waals surface area contributed by atoms with Gasteiger partial charge in [-0.3, -0.25) is 14.4 Å². The molecule has 4 aromatic rings. The summed E-state index contributed by atoms with van der Waals surface area (Å²) in [4.78, 5) is 47.7. The number of ketones is 1. The van der Waals surface area contributed by atoms with E-state index in [1.165, 1.54) is 14.7 Å². The van der Waals surface area contributed by atoms with Gasteiger partial charge in [0.25, 0.3) is 0 Å². The lowest BCUT2D eigenvalue weighted by atomic mass is 10.1. The fourth-order valence-corrected chi connectivity index (χ4v) is 8.05. The van der Waals surface area contributed by atoms with E-state index in [0.717, 1.165) is 40.5 Å². The second-order valence-corrected chi connectivity index (χ2v) is 16.5. The Kier molecular flexibility index (Phi) is 22.9. The van der Waals surface area contributed by atoms with Crippen LogP contribution >= 0.6 is 66.4 Å². The van der Waals surface area contributed by atoms with Gasteiger partial charge in [-0.2, -0.15) is 0 Å². The number of amides is 1. The van der Waals surface area contributed by atoms with Crippen molar-refractivity contribution in [2.24, 2.45) is 0 Å². The maximum Gasteiger partial charge on any atom is 0.224 e. The van der Waals surface area contributed by atoms with Gasteiger partial charge in [0.1, 0.15) is 5.78 Å². The molecule has 0 aliphatic rings. The predicted molar refractivity (Wildman–Crippen MR) is 226 cm³/mol. The van der Waals surface area contributed by atoms with Gasteiger partial charge in [-0.15, -0.1) is 0 Å². The van der Waals surface area contributed by atoms with Gasteiger partial charge < -0.3 is 26.9 Å². The van der Waals surface area contributed by atoms with Gasteiger partial charge in [0, 0.05) is 75.1 Å². The molecule has 0 spiro atoms. The van der Waals surface area contributed by atoms with Gasteiger partial charge in [-0.25, -0.2) is 0 Å². The van der Waals surface area contributed by atoms with E-state index in [0.29, 0.717) is 38.5 Å². The molecular formula is C38H44Cl2N4O4S4. The number of rotatable bonds is 18. The molecule has 6 N–H and O–H groups in total. The predicted octanol–water partition coefficient (Wildman–Crippen LogP) is 11.3. The first-order chi connectivity index (χ1) is 24.9. The maximum absolute atomic E-state index is 11.9. The Morgan fingerprint density at radius 1 is 0.519 bits per heavy atom. The van der Waals surface area contributed by atoms with Crippen LogP contribution in [0.4, 0.5) is 22.7 Å². The number of benzene rings is 4. The lowest BCUT2D eigenvalue weighted by Crippen LogP contribution is -2.11. The first-order valence-corrected chi connectivity index (χ1v) is 21.4. The number of nitrogens with one attached hydrogen (secondary N) is 2. The van der Waals surface area contributed by atoms with Crippen molar-refractivity contribution in [2.75, 3.05) is 29.1 Å². The number of carbonyl (C=O) groups is 4. The van der Waals surface area contributed by atoms with E-state index in [4.69, 9.17) is 34.7 Å². The third-order valence-corrected chi connectivity index (χ3v) is 11.9. The molecule has 0 aromatic heterocycles. The molecule has 4 rings (SSSR count). The Balaban J connectivity index is 0.000000305. The van der Waals surface area contributed by atoms with Gasteiger partial charge in [-0.1, -0.05) is 43.2 Å². The van der Waals surface area contributed by atoms with Crippen LogP contribution in [0.25, 0.3) is 0 Å². The quantitative estimate of drug-likeness (QED) is 0.0329. The summed E-state index contributed by atoms with van der Waals surface area (Å²) in [6.45, 7) is 1.58. The zero-order valence-corrected chi connectivity index (χ0v) is 33.8. The van der Waals surface area contributed by atoms with Crippen molar-refractivity contribution in [3.05, 3.63) is 97.1 Å². The Morgan fingerprint density at radius 3 is 1.19 bits per heavy atom. The lowest BCUT2D eigenvalue weighted by Gasteiger charge is -2.07. The largest absolute Gasteiger partial charge is 0.399 e. The molecule has 1 amide bonds. The van der Waals surface area contributed by atoms with Crippen molar-refractivity contribution in [1.29, 1.82) is 0 Å². The van der Waals surface area contributed by atoms with Gasteiger partial charge in [0.2, 0.25) is 16.4 Å². The number of anilines is 4. The standard InChI is InChI=1S/C20H24N2O2S2.C12H12N2S2.C6H8Cl2O2/c1-15(23)5-3-4-6-20(24)22-17-9-13-19(14-10-17)26-25-18-11-7-16(21-2)8-12-18;13-9-1-5-11(6-2-9)15-16-12-7-3-10(14)4-8-12;7-5(9)3-1-2-4-6(8)10/h7-14,21H,3-6H2,1-2H3,(H,22,24);1-8H,13-14H2;1-4H2. The fraction of sp³-hybridized carbons (Fsp3) is 0.263. The van der Waals surface area contributed by atoms with Crippen LogP contribution in [-0.2, 0) is 19.2 Å². The van der Waals surface area contributed by atoms with E-state index < -0.39 is 0 Å². The van der Waals surface area contributed by atoms with E-state index in [1.807, 2.05) is 79.8 Å².